The molecular formula is C16H18ClNO3. The Bertz CT molecular complexity index is 642. The number of carbonyl (C=O) groups is 2. The van der Waals surface area contributed by atoms with E-state index < -0.39 is 16.4 Å². The fourth-order valence-electron chi connectivity index (χ4n) is 3.55. The molecule has 2 unspecified atom stereocenters. The highest BCUT2D eigenvalue weighted by Crippen LogP contribution is 2.65. The average molecular weight is 308 g/mol. The van der Waals surface area contributed by atoms with Gasteiger partial charge >= 0.3 is 5.97 Å². The molecule has 112 valence electrons. The molecule has 1 saturated carbocycles. The van der Waals surface area contributed by atoms with Crippen LogP contribution in [0.5, 0.6) is 0 Å². The van der Waals surface area contributed by atoms with Crippen LogP contribution in [0.2, 0.25) is 5.02 Å². The van der Waals surface area contributed by atoms with Gasteiger partial charge in [0.2, 0.25) is 0 Å². The van der Waals surface area contributed by atoms with Crippen molar-refractivity contribution in [3.05, 3.63) is 29.3 Å². The maximum Gasteiger partial charge on any atom is 0.313 e. The molecule has 2 atom stereocenters. The lowest BCUT2D eigenvalue weighted by molar-refractivity contribution is -0.165. The normalized spacial score (nSPS) is 32.9. The van der Waals surface area contributed by atoms with Gasteiger partial charge in [-0.15, -0.1) is 0 Å². The van der Waals surface area contributed by atoms with E-state index in [2.05, 4.69) is 5.32 Å². The summed E-state index contributed by atoms with van der Waals surface area (Å²) in [7, 11) is 0. The van der Waals surface area contributed by atoms with Crippen LogP contribution < -0.4 is 5.32 Å². The minimum absolute atomic E-state index is 0.274. The third-order valence-corrected chi connectivity index (χ3v) is 5.77. The second-order valence-electron chi connectivity index (χ2n) is 6.64. The van der Waals surface area contributed by atoms with Crippen molar-refractivity contribution < 1.29 is 14.3 Å². The largest absolute Gasteiger partial charge is 0.448 e. The Morgan fingerprint density at radius 1 is 1.29 bits per heavy atom. The number of halogens is 1. The van der Waals surface area contributed by atoms with E-state index in [4.69, 9.17) is 16.3 Å². The average Bonchev–Trinajstić information content (AvgIpc) is 2.69. The SMILES string of the molecule is CC12CCC(C(=O)Nc3cccc(Cl)c3)(OC1=O)C2(C)C. The van der Waals surface area contributed by atoms with E-state index in [1.54, 1.807) is 24.3 Å². The molecule has 1 aromatic rings. The predicted molar refractivity (Wildman–Crippen MR) is 80.0 cm³/mol. The van der Waals surface area contributed by atoms with Gasteiger partial charge in [0, 0.05) is 16.1 Å². The number of rotatable bonds is 2. The zero-order valence-corrected chi connectivity index (χ0v) is 13.1. The molecule has 2 aliphatic rings. The van der Waals surface area contributed by atoms with Gasteiger partial charge in [-0.05, 0) is 38.0 Å². The van der Waals surface area contributed by atoms with Crippen LogP contribution in [0.25, 0.3) is 0 Å². The molecule has 5 heteroatoms. The molecule has 2 bridgehead atoms. The lowest BCUT2D eigenvalue weighted by Crippen LogP contribution is -2.50. The number of ether oxygens (including phenoxy) is 1. The van der Waals surface area contributed by atoms with E-state index >= 15 is 0 Å². The topological polar surface area (TPSA) is 55.4 Å². The highest BCUT2D eigenvalue weighted by molar-refractivity contribution is 6.30. The smallest absolute Gasteiger partial charge is 0.313 e. The fraction of sp³-hybridized carbons (Fsp3) is 0.500. The van der Waals surface area contributed by atoms with Crippen molar-refractivity contribution in [1.82, 2.24) is 0 Å². The number of hydrogen-bond donors (Lipinski definition) is 1. The lowest BCUT2D eigenvalue weighted by Gasteiger charge is -2.35. The second kappa shape index (κ2) is 4.23. The minimum Gasteiger partial charge on any atom is -0.448 e. The summed E-state index contributed by atoms with van der Waals surface area (Å²) in [6.07, 6.45) is 1.22. The van der Waals surface area contributed by atoms with Gasteiger partial charge in [-0.3, -0.25) is 9.59 Å². The first-order chi connectivity index (χ1) is 9.73. The van der Waals surface area contributed by atoms with Crippen LogP contribution in [0.1, 0.15) is 33.6 Å². The molecule has 1 heterocycles. The molecule has 4 nitrogen and oxygen atoms in total. The Morgan fingerprint density at radius 3 is 2.52 bits per heavy atom. The quantitative estimate of drug-likeness (QED) is 0.852. The van der Waals surface area contributed by atoms with E-state index in [0.29, 0.717) is 23.6 Å². The molecule has 0 radical (unpaired) electrons. The predicted octanol–water partition coefficient (Wildman–Crippen LogP) is 3.40. The van der Waals surface area contributed by atoms with Gasteiger partial charge in [-0.1, -0.05) is 31.5 Å². The Morgan fingerprint density at radius 2 is 2.00 bits per heavy atom. The van der Waals surface area contributed by atoms with E-state index in [-0.39, 0.29) is 11.9 Å². The number of carbonyl (C=O) groups excluding carboxylic acids is 2. The van der Waals surface area contributed by atoms with Crippen LogP contribution in [0.3, 0.4) is 0 Å². The van der Waals surface area contributed by atoms with Crippen LogP contribution in [-0.2, 0) is 14.3 Å². The maximum atomic E-state index is 12.8. The molecule has 2 fully saturated rings. The molecule has 0 aromatic heterocycles. The second-order valence-corrected chi connectivity index (χ2v) is 7.07. The lowest BCUT2D eigenvalue weighted by atomic mass is 9.66. The molecule has 1 aliphatic carbocycles. The van der Waals surface area contributed by atoms with E-state index in [1.165, 1.54) is 0 Å². The highest BCUT2D eigenvalue weighted by atomic mass is 35.5. The zero-order valence-electron chi connectivity index (χ0n) is 12.3. The number of nitrogens with one attached hydrogen (secondary N) is 1. The van der Waals surface area contributed by atoms with Crippen molar-refractivity contribution in [2.45, 2.75) is 39.2 Å². The first-order valence-corrected chi connectivity index (χ1v) is 7.41. The third-order valence-electron chi connectivity index (χ3n) is 5.53. The first-order valence-electron chi connectivity index (χ1n) is 7.03. The van der Waals surface area contributed by atoms with Gasteiger partial charge in [-0.2, -0.15) is 0 Å². The summed E-state index contributed by atoms with van der Waals surface area (Å²) in [5.74, 6) is -0.552. The Balaban J connectivity index is 1.93. The molecule has 3 rings (SSSR count). The monoisotopic (exact) mass is 307 g/mol. The molecule has 1 aromatic carbocycles. The Labute approximate surface area is 128 Å². The van der Waals surface area contributed by atoms with Gasteiger partial charge in [0.1, 0.15) is 0 Å². The summed E-state index contributed by atoms with van der Waals surface area (Å²) >= 11 is 5.93. The summed E-state index contributed by atoms with van der Waals surface area (Å²) in [5, 5.41) is 3.38. The first kappa shape index (κ1) is 14.4. The molecular weight excluding hydrogens is 290 g/mol. The van der Waals surface area contributed by atoms with Crippen molar-refractivity contribution >= 4 is 29.2 Å². The summed E-state index contributed by atoms with van der Waals surface area (Å²) in [4.78, 5) is 24.9. The van der Waals surface area contributed by atoms with Crippen molar-refractivity contribution in [2.75, 3.05) is 5.32 Å². The van der Waals surface area contributed by atoms with Crippen molar-refractivity contribution in [3.8, 4) is 0 Å². The summed E-state index contributed by atoms with van der Waals surface area (Å²) in [5.41, 5.74) is -1.63. The number of fused-ring (bicyclic) bond motifs is 2. The van der Waals surface area contributed by atoms with Gasteiger partial charge in [0.05, 0.1) is 5.41 Å². The zero-order chi connectivity index (χ0) is 15.5. The van der Waals surface area contributed by atoms with E-state index in [9.17, 15) is 9.59 Å². The van der Waals surface area contributed by atoms with Crippen LogP contribution in [0.4, 0.5) is 5.69 Å². The Hall–Kier alpha value is -1.55. The summed E-state index contributed by atoms with van der Waals surface area (Å²) in [6.45, 7) is 5.75. The number of hydrogen-bond acceptors (Lipinski definition) is 3. The number of esters is 1. The van der Waals surface area contributed by atoms with Crippen molar-refractivity contribution in [3.63, 3.8) is 0 Å². The third kappa shape index (κ3) is 1.68. The minimum atomic E-state index is -1.10. The fourth-order valence-corrected chi connectivity index (χ4v) is 3.74. The highest BCUT2D eigenvalue weighted by Gasteiger charge is 2.75. The Kier molecular flexibility index (Phi) is 2.90. The van der Waals surface area contributed by atoms with Gasteiger partial charge < -0.3 is 10.1 Å². The molecule has 21 heavy (non-hydrogen) atoms. The number of amides is 1. The van der Waals surface area contributed by atoms with Crippen LogP contribution >= 0.6 is 11.6 Å². The number of benzene rings is 1. The van der Waals surface area contributed by atoms with E-state index in [0.717, 1.165) is 0 Å². The summed E-state index contributed by atoms with van der Waals surface area (Å²) in [6, 6.07) is 6.94. The van der Waals surface area contributed by atoms with Crippen molar-refractivity contribution in [1.29, 1.82) is 0 Å². The number of anilines is 1. The van der Waals surface area contributed by atoms with E-state index in [1.807, 2.05) is 20.8 Å². The van der Waals surface area contributed by atoms with Crippen LogP contribution in [0, 0.1) is 10.8 Å². The van der Waals surface area contributed by atoms with Crippen LogP contribution in [-0.4, -0.2) is 17.5 Å². The van der Waals surface area contributed by atoms with Crippen molar-refractivity contribution in [2.24, 2.45) is 10.8 Å². The van der Waals surface area contributed by atoms with Crippen LogP contribution in [0.15, 0.2) is 24.3 Å². The standard InChI is InChI=1S/C16H18ClNO3/c1-14(2)15(3)7-8-16(14,21-13(15)20)12(19)18-11-6-4-5-10(17)9-11/h4-6,9H,7-8H2,1-3H3,(H,18,19). The molecule has 1 amide bonds. The molecule has 1 N–H and O–H groups in total. The summed E-state index contributed by atoms with van der Waals surface area (Å²) < 4.78 is 5.55. The molecule has 0 spiro atoms. The van der Waals surface area contributed by atoms with Gasteiger partial charge in [0.25, 0.3) is 5.91 Å². The maximum absolute atomic E-state index is 12.8. The molecule has 1 aliphatic heterocycles. The molecule has 1 saturated heterocycles. The van der Waals surface area contributed by atoms with Gasteiger partial charge in [0.15, 0.2) is 5.60 Å². The van der Waals surface area contributed by atoms with Gasteiger partial charge in [-0.25, -0.2) is 0 Å².